The van der Waals surface area contributed by atoms with Gasteiger partial charge >= 0.3 is 0 Å². The van der Waals surface area contributed by atoms with E-state index in [1.807, 2.05) is 63.2 Å². The van der Waals surface area contributed by atoms with Gasteiger partial charge in [0.2, 0.25) is 0 Å². The van der Waals surface area contributed by atoms with Crippen LogP contribution in [0.3, 0.4) is 0 Å². The fourth-order valence-electron chi connectivity index (χ4n) is 3.89. The van der Waals surface area contributed by atoms with Crippen molar-refractivity contribution in [3.63, 3.8) is 0 Å². The Kier molecular flexibility index (Phi) is 5.92. The summed E-state index contributed by atoms with van der Waals surface area (Å²) in [5, 5.41) is 3.25. The van der Waals surface area contributed by atoms with Crippen LogP contribution >= 0.6 is 0 Å². The number of benzene rings is 3. The molecule has 3 aromatic rings. The summed E-state index contributed by atoms with van der Waals surface area (Å²) in [6, 6.07) is 20.4. The van der Waals surface area contributed by atoms with Crippen LogP contribution in [0.4, 0.5) is 17.1 Å². The van der Waals surface area contributed by atoms with Gasteiger partial charge in [-0.2, -0.15) is 0 Å². The molecule has 1 aliphatic rings. The first kappa shape index (κ1) is 22.1. The Bertz CT molecular complexity index is 1240. The van der Waals surface area contributed by atoms with Gasteiger partial charge in [-0.3, -0.25) is 9.59 Å². The van der Waals surface area contributed by atoms with Crippen molar-refractivity contribution >= 4 is 34.4 Å². The molecule has 0 bridgehead atoms. The lowest BCUT2D eigenvalue weighted by atomic mass is 10.0. The minimum Gasteiger partial charge on any atom is -0.497 e. The molecule has 0 unspecified atom stereocenters. The first-order chi connectivity index (χ1) is 15.8. The third-order valence-electron chi connectivity index (χ3n) is 5.73. The molecule has 1 N–H and O–H groups in total. The van der Waals surface area contributed by atoms with Crippen molar-refractivity contribution in [1.82, 2.24) is 0 Å². The summed E-state index contributed by atoms with van der Waals surface area (Å²) in [7, 11) is 5.47. The molecule has 0 atom stereocenters. The topological polar surface area (TPSA) is 61.9 Å². The molecule has 0 aromatic heterocycles. The molecule has 0 radical (unpaired) electrons. The predicted octanol–water partition coefficient (Wildman–Crippen LogP) is 4.77. The second kappa shape index (κ2) is 8.82. The number of carbonyl (C=O) groups is 2. The number of aryl methyl sites for hydroxylation is 2. The lowest BCUT2D eigenvalue weighted by molar-refractivity contribution is -0.120. The SMILES string of the molecule is COc1ccc(C2=C(Nc3ccc(C)cc3C)C(=O)N(c3ccc(N(C)C)cc3)C2=O)cc1. The van der Waals surface area contributed by atoms with Crippen LogP contribution in [0.2, 0.25) is 0 Å². The highest BCUT2D eigenvalue weighted by Gasteiger charge is 2.40. The summed E-state index contributed by atoms with van der Waals surface area (Å²) in [5.41, 5.74) is 5.65. The van der Waals surface area contributed by atoms with Crippen LogP contribution in [-0.2, 0) is 9.59 Å². The number of rotatable bonds is 6. The second-order valence-corrected chi connectivity index (χ2v) is 8.28. The summed E-state index contributed by atoms with van der Waals surface area (Å²) in [5.74, 6) is -0.0745. The molecule has 168 valence electrons. The van der Waals surface area contributed by atoms with Gasteiger partial charge in [0.05, 0.1) is 18.4 Å². The van der Waals surface area contributed by atoms with Crippen molar-refractivity contribution in [2.24, 2.45) is 0 Å². The second-order valence-electron chi connectivity index (χ2n) is 8.28. The molecule has 1 heterocycles. The number of carbonyl (C=O) groups excluding carboxylic acids is 2. The van der Waals surface area contributed by atoms with Gasteiger partial charge in [0.15, 0.2) is 0 Å². The Morgan fingerprint density at radius 2 is 1.52 bits per heavy atom. The fourth-order valence-corrected chi connectivity index (χ4v) is 3.89. The number of nitrogens with zero attached hydrogens (tertiary/aromatic N) is 2. The van der Waals surface area contributed by atoms with E-state index in [1.165, 1.54) is 4.90 Å². The monoisotopic (exact) mass is 441 g/mol. The maximum absolute atomic E-state index is 13.6. The van der Waals surface area contributed by atoms with Gasteiger partial charge in [-0.05, 0) is 67.4 Å². The molecule has 4 rings (SSSR count). The van der Waals surface area contributed by atoms with Crippen molar-refractivity contribution in [3.8, 4) is 5.75 Å². The minimum absolute atomic E-state index is 0.258. The Hall–Kier alpha value is -4.06. The number of nitrogens with one attached hydrogen (secondary N) is 1. The van der Waals surface area contributed by atoms with E-state index < -0.39 is 0 Å². The van der Waals surface area contributed by atoms with Crippen LogP contribution < -0.4 is 19.9 Å². The van der Waals surface area contributed by atoms with Crippen molar-refractivity contribution in [2.75, 3.05) is 36.3 Å². The van der Waals surface area contributed by atoms with Gasteiger partial charge < -0.3 is 15.0 Å². The van der Waals surface area contributed by atoms with Crippen molar-refractivity contribution in [3.05, 3.63) is 89.1 Å². The zero-order valence-electron chi connectivity index (χ0n) is 19.5. The fraction of sp³-hybridized carbons (Fsp3) is 0.185. The average molecular weight is 442 g/mol. The smallest absolute Gasteiger partial charge is 0.282 e. The lowest BCUT2D eigenvalue weighted by Crippen LogP contribution is -2.32. The van der Waals surface area contributed by atoms with E-state index >= 15 is 0 Å². The first-order valence-electron chi connectivity index (χ1n) is 10.7. The number of amides is 2. The molecule has 33 heavy (non-hydrogen) atoms. The predicted molar refractivity (Wildman–Crippen MR) is 133 cm³/mol. The van der Waals surface area contributed by atoms with Gasteiger partial charge in [-0.25, -0.2) is 4.90 Å². The molecule has 6 nitrogen and oxygen atoms in total. The van der Waals surface area contributed by atoms with Gasteiger partial charge in [0.25, 0.3) is 11.8 Å². The molecular formula is C27H27N3O3. The van der Waals surface area contributed by atoms with Crippen LogP contribution in [0.25, 0.3) is 5.57 Å². The van der Waals surface area contributed by atoms with Gasteiger partial charge in [0.1, 0.15) is 11.4 Å². The maximum Gasteiger partial charge on any atom is 0.282 e. The van der Waals surface area contributed by atoms with Crippen LogP contribution in [-0.4, -0.2) is 33.0 Å². The third-order valence-corrected chi connectivity index (χ3v) is 5.73. The van der Waals surface area contributed by atoms with Crippen molar-refractivity contribution < 1.29 is 14.3 Å². The van der Waals surface area contributed by atoms with E-state index in [2.05, 4.69) is 5.32 Å². The molecule has 1 aliphatic heterocycles. The number of ether oxygens (including phenoxy) is 1. The molecule has 0 aliphatic carbocycles. The zero-order valence-corrected chi connectivity index (χ0v) is 19.5. The Morgan fingerprint density at radius 1 is 0.848 bits per heavy atom. The van der Waals surface area contributed by atoms with Crippen LogP contribution in [0.1, 0.15) is 16.7 Å². The maximum atomic E-state index is 13.6. The van der Waals surface area contributed by atoms with Gasteiger partial charge in [0, 0.05) is 25.5 Å². The highest BCUT2D eigenvalue weighted by molar-refractivity contribution is 6.46. The van der Waals surface area contributed by atoms with Crippen LogP contribution in [0, 0.1) is 13.8 Å². The normalized spacial score (nSPS) is 13.5. The largest absolute Gasteiger partial charge is 0.497 e. The van der Waals surface area contributed by atoms with E-state index in [4.69, 9.17) is 4.74 Å². The Morgan fingerprint density at radius 3 is 2.09 bits per heavy atom. The van der Waals surface area contributed by atoms with Gasteiger partial charge in [-0.15, -0.1) is 0 Å². The zero-order chi connectivity index (χ0) is 23.7. The van der Waals surface area contributed by atoms with E-state index in [9.17, 15) is 9.59 Å². The molecule has 3 aromatic carbocycles. The molecule has 0 spiro atoms. The minimum atomic E-state index is -0.386. The quantitative estimate of drug-likeness (QED) is 0.558. The summed E-state index contributed by atoms with van der Waals surface area (Å²) < 4.78 is 5.25. The summed E-state index contributed by atoms with van der Waals surface area (Å²) >= 11 is 0. The lowest BCUT2D eigenvalue weighted by Gasteiger charge is -2.18. The Labute approximate surface area is 194 Å². The number of hydrogen-bond donors (Lipinski definition) is 1. The van der Waals surface area contributed by atoms with E-state index in [0.29, 0.717) is 22.6 Å². The highest BCUT2D eigenvalue weighted by atomic mass is 16.5. The van der Waals surface area contributed by atoms with E-state index in [-0.39, 0.29) is 17.5 Å². The van der Waals surface area contributed by atoms with Crippen LogP contribution in [0.5, 0.6) is 5.75 Å². The van der Waals surface area contributed by atoms with Crippen molar-refractivity contribution in [1.29, 1.82) is 0 Å². The number of imide groups is 1. The third kappa shape index (κ3) is 4.20. The van der Waals surface area contributed by atoms with Gasteiger partial charge in [-0.1, -0.05) is 29.8 Å². The first-order valence-corrected chi connectivity index (χ1v) is 10.7. The van der Waals surface area contributed by atoms with Crippen molar-refractivity contribution in [2.45, 2.75) is 13.8 Å². The summed E-state index contributed by atoms with van der Waals surface area (Å²) in [6.07, 6.45) is 0. The number of hydrogen-bond acceptors (Lipinski definition) is 5. The summed E-state index contributed by atoms with van der Waals surface area (Å²) in [4.78, 5) is 30.4. The number of methoxy groups -OCH3 is 1. The van der Waals surface area contributed by atoms with E-state index in [1.54, 1.807) is 43.5 Å². The molecule has 0 saturated heterocycles. The van der Waals surface area contributed by atoms with Crippen LogP contribution in [0.15, 0.2) is 72.4 Å². The molecular weight excluding hydrogens is 414 g/mol. The standard InChI is InChI=1S/C27H27N3O3/c1-17-6-15-23(18(2)16-17)28-25-24(19-7-13-22(33-5)14-8-19)26(31)30(27(25)32)21-11-9-20(10-12-21)29(3)4/h6-16,28H,1-5H3. The molecule has 0 saturated carbocycles. The number of anilines is 3. The summed E-state index contributed by atoms with van der Waals surface area (Å²) in [6.45, 7) is 3.99. The molecule has 2 amide bonds. The average Bonchev–Trinajstić information content (AvgIpc) is 3.05. The van der Waals surface area contributed by atoms with E-state index in [0.717, 1.165) is 22.5 Å². The Balaban J connectivity index is 1.79. The highest BCUT2D eigenvalue weighted by Crippen LogP contribution is 2.35. The molecule has 6 heteroatoms. The molecule has 0 fully saturated rings.